The summed E-state index contributed by atoms with van der Waals surface area (Å²) in [5.41, 5.74) is 5.51. The number of para-hydroxylation sites is 2. The Hall–Kier alpha value is -5.02. The normalized spacial score (nSPS) is 16.2. The highest BCUT2D eigenvalue weighted by Crippen LogP contribution is 2.33. The fourth-order valence-corrected chi connectivity index (χ4v) is 6.73. The number of benzene rings is 3. The van der Waals surface area contributed by atoms with Crippen molar-refractivity contribution < 1.29 is 14.3 Å². The van der Waals surface area contributed by atoms with Crippen LogP contribution in [0.15, 0.2) is 60.7 Å². The van der Waals surface area contributed by atoms with Gasteiger partial charge in [-0.25, -0.2) is 4.79 Å². The summed E-state index contributed by atoms with van der Waals surface area (Å²) < 4.78 is 5.71. The maximum Gasteiger partial charge on any atom is 0.408 e. The van der Waals surface area contributed by atoms with Gasteiger partial charge in [-0.1, -0.05) is 30.3 Å². The molecule has 0 aromatic heterocycles. The second-order valence-corrected chi connectivity index (χ2v) is 13.7. The number of ether oxygens (including phenoxy) is 1. The molecule has 2 aliphatic heterocycles. The van der Waals surface area contributed by atoms with Gasteiger partial charge in [-0.05, 0) is 101 Å². The van der Waals surface area contributed by atoms with Crippen LogP contribution in [0.3, 0.4) is 0 Å². The van der Waals surface area contributed by atoms with Crippen LogP contribution in [0.5, 0.6) is 0 Å². The number of aryl methyl sites for hydroxylation is 2. The van der Waals surface area contributed by atoms with E-state index in [0.29, 0.717) is 75.2 Å². The molecule has 2 heterocycles. The molecule has 0 spiro atoms. The van der Waals surface area contributed by atoms with E-state index in [1.807, 2.05) is 87.2 Å². The van der Waals surface area contributed by atoms with Crippen molar-refractivity contribution in [1.29, 1.82) is 10.5 Å². The first-order chi connectivity index (χ1) is 22.4. The van der Waals surface area contributed by atoms with Gasteiger partial charge >= 0.3 is 6.09 Å². The standard InChI is InChI=1S/C38H44N6O3/c1-27-22-28(2)32(35(45)44-20-18-43(19-21-44)34-13-9-7-11-30(34)26-40)23-31(27)24-38(41-36(46)47-37(3,4)5)14-16-42(17-15-38)33-12-8-6-10-29(33)25-39/h6-13,22-23H,14-21,24H2,1-5H3,(H,41,46). The third-order valence-electron chi connectivity index (χ3n) is 9.23. The third-order valence-corrected chi connectivity index (χ3v) is 9.23. The van der Waals surface area contributed by atoms with Gasteiger partial charge in [-0.3, -0.25) is 4.79 Å². The molecule has 3 aromatic carbocycles. The lowest BCUT2D eigenvalue weighted by atomic mass is 9.80. The third kappa shape index (κ3) is 7.69. The molecular formula is C38H44N6O3. The van der Waals surface area contributed by atoms with E-state index in [9.17, 15) is 20.1 Å². The molecule has 0 radical (unpaired) electrons. The highest BCUT2D eigenvalue weighted by molar-refractivity contribution is 5.96. The zero-order valence-electron chi connectivity index (χ0n) is 28.1. The predicted molar refractivity (Wildman–Crippen MR) is 184 cm³/mol. The number of hydrogen-bond donors (Lipinski definition) is 1. The number of alkyl carbamates (subject to hydrolysis) is 1. The molecule has 2 fully saturated rings. The van der Waals surface area contributed by atoms with E-state index in [4.69, 9.17) is 4.74 Å². The van der Waals surface area contributed by atoms with Gasteiger partial charge in [-0.15, -0.1) is 0 Å². The topological polar surface area (TPSA) is 113 Å². The van der Waals surface area contributed by atoms with Crippen molar-refractivity contribution in [3.05, 3.63) is 94.0 Å². The Bertz CT molecular complexity index is 1710. The molecule has 0 aliphatic carbocycles. The minimum Gasteiger partial charge on any atom is -0.444 e. The van der Waals surface area contributed by atoms with E-state index in [1.165, 1.54) is 0 Å². The highest BCUT2D eigenvalue weighted by atomic mass is 16.6. The van der Waals surface area contributed by atoms with Crippen molar-refractivity contribution in [2.24, 2.45) is 0 Å². The van der Waals surface area contributed by atoms with Crippen molar-refractivity contribution in [2.45, 2.75) is 65.0 Å². The second kappa shape index (κ2) is 13.8. The molecule has 1 N–H and O–H groups in total. The molecule has 2 amide bonds. The fraction of sp³-hybridized carbons (Fsp3) is 0.421. The number of hydrogen-bond acceptors (Lipinski definition) is 7. The summed E-state index contributed by atoms with van der Waals surface area (Å²) in [6.45, 7) is 13.3. The number of carbonyl (C=O) groups is 2. The van der Waals surface area contributed by atoms with Gasteiger partial charge in [0.15, 0.2) is 0 Å². The lowest BCUT2D eigenvalue weighted by molar-refractivity contribution is 0.0434. The Morgan fingerprint density at radius 1 is 0.809 bits per heavy atom. The lowest BCUT2D eigenvalue weighted by Gasteiger charge is -2.44. The number of nitrogens with zero attached hydrogens (tertiary/aromatic N) is 5. The van der Waals surface area contributed by atoms with Gasteiger partial charge in [-0.2, -0.15) is 10.5 Å². The van der Waals surface area contributed by atoms with Crippen molar-refractivity contribution in [2.75, 3.05) is 49.1 Å². The van der Waals surface area contributed by atoms with Crippen LogP contribution in [0, 0.1) is 36.5 Å². The average molecular weight is 633 g/mol. The number of carbonyl (C=O) groups excluding carboxylic acids is 2. The quantitative estimate of drug-likeness (QED) is 0.349. The number of amides is 2. The Labute approximate surface area is 278 Å². The average Bonchev–Trinajstić information content (AvgIpc) is 3.05. The van der Waals surface area contributed by atoms with Gasteiger partial charge in [0.05, 0.1) is 28.0 Å². The Kier molecular flexibility index (Phi) is 9.77. The summed E-state index contributed by atoms with van der Waals surface area (Å²) >= 11 is 0. The molecule has 3 aromatic rings. The summed E-state index contributed by atoms with van der Waals surface area (Å²) in [6, 6.07) is 23.8. The number of piperidine rings is 1. The number of nitriles is 2. The Morgan fingerprint density at radius 2 is 1.34 bits per heavy atom. The first-order valence-corrected chi connectivity index (χ1v) is 16.3. The van der Waals surface area contributed by atoms with Crippen molar-refractivity contribution in [1.82, 2.24) is 10.2 Å². The van der Waals surface area contributed by atoms with Gasteiger partial charge in [0.1, 0.15) is 17.7 Å². The Morgan fingerprint density at radius 3 is 1.87 bits per heavy atom. The molecule has 0 bridgehead atoms. The van der Waals surface area contributed by atoms with Gasteiger partial charge < -0.3 is 24.8 Å². The van der Waals surface area contributed by atoms with E-state index in [-0.39, 0.29) is 5.91 Å². The zero-order chi connectivity index (χ0) is 33.8. The zero-order valence-corrected chi connectivity index (χ0v) is 28.1. The summed E-state index contributed by atoms with van der Waals surface area (Å²) in [6.07, 6.45) is 1.38. The van der Waals surface area contributed by atoms with Crippen LogP contribution in [-0.2, 0) is 11.2 Å². The summed E-state index contributed by atoms with van der Waals surface area (Å²) in [4.78, 5) is 33.4. The van der Waals surface area contributed by atoms with Crippen molar-refractivity contribution in [3.8, 4) is 12.1 Å². The first kappa shape index (κ1) is 33.3. The van der Waals surface area contributed by atoms with Crippen molar-refractivity contribution >= 4 is 23.4 Å². The molecule has 2 aliphatic rings. The maximum absolute atomic E-state index is 13.9. The van der Waals surface area contributed by atoms with Crippen molar-refractivity contribution in [3.63, 3.8) is 0 Å². The molecule has 2 saturated heterocycles. The van der Waals surface area contributed by atoms with E-state index >= 15 is 0 Å². The number of rotatable bonds is 6. The van der Waals surface area contributed by atoms with Gasteiger partial charge in [0, 0.05) is 44.8 Å². The Balaban J connectivity index is 1.36. The van der Waals surface area contributed by atoms with Crippen LogP contribution < -0.4 is 15.1 Å². The minimum absolute atomic E-state index is 0.00551. The highest BCUT2D eigenvalue weighted by Gasteiger charge is 2.39. The number of nitrogens with one attached hydrogen (secondary N) is 1. The largest absolute Gasteiger partial charge is 0.444 e. The van der Waals surface area contributed by atoms with Crippen LogP contribution in [0.2, 0.25) is 0 Å². The van der Waals surface area contributed by atoms with Gasteiger partial charge in [0.2, 0.25) is 0 Å². The molecule has 9 nitrogen and oxygen atoms in total. The minimum atomic E-state index is -0.641. The number of piperazine rings is 1. The van der Waals surface area contributed by atoms with Crippen LogP contribution in [0.25, 0.3) is 0 Å². The van der Waals surface area contributed by atoms with E-state index in [1.54, 1.807) is 0 Å². The van der Waals surface area contributed by atoms with Crippen LogP contribution in [0.4, 0.5) is 16.2 Å². The van der Waals surface area contributed by atoms with E-state index < -0.39 is 17.2 Å². The van der Waals surface area contributed by atoms with Crippen LogP contribution in [0.1, 0.15) is 71.8 Å². The lowest BCUT2D eigenvalue weighted by Crippen LogP contribution is -2.57. The maximum atomic E-state index is 13.9. The summed E-state index contributed by atoms with van der Waals surface area (Å²) in [5, 5.41) is 22.5. The molecule has 5 rings (SSSR count). The second-order valence-electron chi connectivity index (χ2n) is 13.7. The van der Waals surface area contributed by atoms with Crippen LogP contribution >= 0.6 is 0 Å². The monoisotopic (exact) mass is 632 g/mol. The van der Waals surface area contributed by atoms with Crippen LogP contribution in [-0.4, -0.2) is 67.3 Å². The molecule has 47 heavy (non-hydrogen) atoms. The van der Waals surface area contributed by atoms with E-state index in [0.717, 1.165) is 28.1 Å². The molecule has 9 heteroatoms. The SMILES string of the molecule is Cc1cc(C)c(C(=O)N2CCN(c3ccccc3C#N)CC2)cc1CC1(NC(=O)OC(C)(C)C)CCN(c2ccccc2C#N)CC1. The number of anilines is 2. The molecular weight excluding hydrogens is 588 g/mol. The summed E-state index contributed by atoms with van der Waals surface area (Å²) in [5.74, 6) is -0.00551. The fourth-order valence-electron chi connectivity index (χ4n) is 6.73. The molecule has 0 unspecified atom stereocenters. The van der Waals surface area contributed by atoms with E-state index in [2.05, 4.69) is 40.2 Å². The molecule has 244 valence electrons. The van der Waals surface area contributed by atoms with Gasteiger partial charge in [0.25, 0.3) is 5.91 Å². The molecule has 0 saturated carbocycles. The predicted octanol–water partition coefficient (Wildman–Crippen LogP) is 6.12. The molecule has 0 atom stereocenters. The summed E-state index contributed by atoms with van der Waals surface area (Å²) in [7, 11) is 0. The first-order valence-electron chi connectivity index (χ1n) is 16.3. The smallest absolute Gasteiger partial charge is 0.408 e.